The minimum Gasteiger partial charge on any atom is -0.438 e. The van der Waals surface area contributed by atoms with Crippen molar-refractivity contribution in [2.45, 2.75) is 13.8 Å². The average molecular weight is 269 g/mol. The Hall–Kier alpha value is -2.58. The number of hydrogen-bond donors (Lipinski definition) is 2. The minimum atomic E-state index is -0.327. The number of hydrogen-bond acceptors (Lipinski definition) is 4. The van der Waals surface area contributed by atoms with Crippen LogP contribution in [0.2, 0.25) is 0 Å². The summed E-state index contributed by atoms with van der Waals surface area (Å²) in [6.45, 7) is 3.92. The van der Waals surface area contributed by atoms with Crippen LogP contribution >= 0.6 is 0 Å². The largest absolute Gasteiger partial charge is 0.438 e. The van der Waals surface area contributed by atoms with Crippen LogP contribution in [-0.2, 0) is 0 Å². The molecule has 0 saturated heterocycles. The van der Waals surface area contributed by atoms with Gasteiger partial charge in [0.05, 0.1) is 12.2 Å². The molecular formula is C15H15N3O2. The van der Waals surface area contributed by atoms with Crippen molar-refractivity contribution in [2.24, 2.45) is 5.73 Å². The lowest BCUT2D eigenvalue weighted by atomic mass is 10.1. The van der Waals surface area contributed by atoms with E-state index < -0.39 is 0 Å². The van der Waals surface area contributed by atoms with Crippen LogP contribution in [0.3, 0.4) is 0 Å². The highest BCUT2D eigenvalue weighted by Crippen LogP contribution is 2.18. The van der Waals surface area contributed by atoms with Gasteiger partial charge in [0.2, 0.25) is 5.76 Å². The van der Waals surface area contributed by atoms with Crippen molar-refractivity contribution in [1.29, 1.82) is 0 Å². The maximum absolute atomic E-state index is 12.1. The standard InChI is InChI=1S/C15H15N3O2/c1-10-5-6-12(4-3-7-16)8-13(10)18-15(19)14-11(2)17-9-20-14/h5-6,8-9H,7,16H2,1-2H3,(H,18,19). The summed E-state index contributed by atoms with van der Waals surface area (Å²) in [4.78, 5) is 16.0. The lowest BCUT2D eigenvalue weighted by Gasteiger charge is -2.07. The molecule has 0 aliphatic carbocycles. The fourth-order valence-corrected chi connectivity index (χ4v) is 1.69. The van der Waals surface area contributed by atoms with Crippen molar-refractivity contribution in [3.8, 4) is 11.8 Å². The topological polar surface area (TPSA) is 81.1 Å². The molecule has 1 heterocycles. The van der Waals surface area contributed by atoms with Gasteiger partial charge in [0.25, 0.3) is 5.91 Å². The van der Waals surface area contributed by atoms with Crippen molar-refractivity contribution < 1.29 is 9.21 Å². The molecule has 2 rings (SSSR count). The van der Waals surface area contributed by atoms with Gasteiger partial charge in [-0.15, -0.1) is 0 Å². The molecule has 0 spiro atoms. The summed E-state index contributed by atoms with van der Waals surface area (Å²) in [6.07, 6.45) is 1.25. The fourth-order valence-electron chi connectivity index (χ4n) is 1.69. The first-order valence-electron chi connectivity index (χ1n) is 6.13. The molecule has 0 aliphatic heterocycles. The Morgan fingerprint density at radius 1 is 1.45 bits per heavy atom. The fraction of sp³-hybridized carbons (Fsp3) is 0.200. The lowest BCUT2D eigenvalue weighted by molar-refractivity contribution is 0.0996. The van der Waals surface area contributed by atoms with Crippen molar-refractivity contribution in [2.75, 3.05) is 11.9 Å². The van der Waals surface area contributed by atoms with E-state index in [2.05, 4.69) is 22.1 Å². The molecule has 0 aliphatic rings. The predicted molar refractivity (Wildman–Crippen MR) is 76.3 cm³/mol. The summed E-state index contributed by atoms with van der Waals surface area (Å²) in [7, 11) is 0. The van der Waals surface area contributed by atoms with Crippen LogP contribution in [0, 0.1) is 25.7 Å². The minimum absolute atomic E-state index is 0.211. The number of carbonyl (C=O) groups is 1. The average Bonchev–Trinajstić information content (AvgIpc) is 2.86. The zero-order chi connectivity index (χ0) is 14.5. The molecule has 5 nitrogen and oxygen atoms in total. The van der Waals surface area contributed by atoms with Crippen molar-refractivity contribution in [3.63, 3.8) is 0 Å². The third kappa shape index (κ3) is 3.05. The monoisotopic (exact) mass is 269 g/mol. The van der Waals surface area contributed by atoms with Crippen molar-refractivity contribution >= 4 is 11.6 Å². The molecule has 1 aromatic heterocycles. The number of aromatic nitrogens is 1. The van der Waals surface area contributed by atoms with Crippen LogP contribution in [0.5, 0.6) is 0 Å². The number of amides is 1. The van der Waals surface area contributed by atoms with Gasteiger partial charge < -0.3 is 15.5 Å². The molecule has 5 heteroatoms. The summed E-state index contributed by atoms with van der Waals surface area (Å²) in [5.41, 5.74) is 8.32. The first-order chi connectivity index (χ1) is 9.61. The number of benzene rings is 1. The third-order valence-electron chi connectivity index (χ3n) is 2.77. The van der Waals surface area contributed by atoms with Gasteiger partial charge >= 0.3 is 0 Å². The highest BCUT2D eigenvalue weighted by molar-refractivity contribution is 6.03. The van der Waals surface area contributed by atoms with E-state index in [4.69, 9.17) is 10.2 Å². The normalized spacial score (nSPS) is 9.75. The number of nitrogens with zero attached hydrogens (tertiary/aromatic N) is 1. The van der Waals surface area contributed by atoms with E-state index in [-0.39, 0.29) is 11.7 Å². The number of carbonyl (C=O) groups excluding carboxylic acids is 1. The predicted octanol–water partition coefficient (Wildman–Crippen LogP) is 1.85. The second-order valence-electron chi connectivity index (χ2n) is 4.26. The first kappa shape index (κ1) is 13.8. The highest BCUT2D eigenvalue weighted by Gasteiger charge is 2.14. The smallest absolute Gasteiger partial charge is 0.293 e. The second-order valence-corrected chi connectivity index (χ2v) is 4.26. The van der Waals surface area contributed by atoms with Crippen molar-refractivity contribution in [1.82, 2.24) is 4.98 Å². The maximum atomic E-state index is 12.1. The summed E-state index contributed by atoms with van der Waals surface area (Å²) < 4.78 is 5.07. The second kappa shape index (κ2) is 6.04. The molecule has 0 radical (unpaired) electrons. The van der Waals surface area contributed by atoms with Gasteiger partial charge in [0.1, 0.15) is 0 Å². The van der Waals surface area contributed by atoms with Gasteiger partial charge in [-0.2, -0.15) is 0 Å². The molecule has 20 heavy (non-hydrogen) atoms. The molecule has 0 fully saturated rings. The van der Waals surface area contributed by atoms with E-state index in [9.17, 15) is 4.79 Å². The van der Waals surface area contributed by atoms with Crippen LogP contribution in [0.25, 0.3) is 0 Å². The van der Waals surface area contributed by atoms with E-state index in [1.165, 1.54) is 6.39 Å². The Morgan fingerprint density at radius 2 is 2.25 bits per heavy atom. The Balaban J connectivity index is 2.25. The number of oxazole rings is 1. The molecule has 0 atom stereocenters. The SMILES string of the molecule is Cc1ccc(C#CCN)cc1NC(=O)c1ocnc1C. The first-order valence-corrected chi connectivity index (χ1v) is 6.13. The Morgan fingerprint density at radius 3 is 2.90 bits per heavy atom. The number of rotatable bonds is 2. The van der Waals surface area contributed by atoms with E-state index in [0.717, 1.165) is 11.1 Å². The van der Waals surface area contributed by atoms with Crippen LogP contribution < -0.4 is 11.1 Å². The molecular weight excluding hydrogens is 254 g/mol. The van der Waals surface area contributed by atoms with E-state index >= 15 is 0 Å². The zero-order valence-electron chi connectivity index (χ0n) is 11.4. The number of nitrogens with two attached hydrogens (primary N) is 1. The Labute approximate surface area is 117 Å². The number of anilines is 1. The van der Waals surface area contributed by atoms with E-state index in [0.29, 0.717) is 17.9 Å². The van der Waals surface area contributed by atoms with Crippen LogP contribution in [-0.4, -0.2) is 17.4 Å². The molecule has 1 amide bonds. The Bertz CT molecular complexity index is 693. The summed E-state index contributed by atoms with van der Waals surface area (Å²) in [5.74, 6) is 5.59. The zero-order valence-corrected chi connectivity index (χ0v) is 11.4. The molecule has 1 aromatic carbocycles. The molecule has 0 bridgehead atoms. The van der Waals surface area contributed by atoms with Gasteiger partial charge in [0, 0.05) is 11.3 Å². The van der Waals surface area contributed by atoms with E-state index in [1.807, 2.05) is 25.1 Å². The third-order valence-corrected chi connectivity index (χ3v) is 2.77. The van der Waals surface area contributed by atoms with Gasteiger partial charge in [-0.05, 0) is 31.5 Å². The van der Waals surface area contributed by atoms with Gasteiger partial charge in [0.15, 0.2) is 6.39 Å². The summed E-state index contributed by atoms with van der Waals surface area (Å²) in [6, 6.07) is 5.58. The lowest BCUT2D eigenvalue weighted by Crippen LogP contribution is -2.13. The number of aryl methyl sites for hydroxylation is 2. The summed E-state index contributed by atoms with van der Waals surface area (Å²) >= 11 is 0. The molecule has 0 unspecified atom stereocenters. The molecule has 3 N–H and O–H groups in total. The number of nitrogens with one attached hydrogen (secondary N) is 1. The van der Waals surface area contributed by atoms with Crippen LogP contribution in [0.15, 0.2) is 29.0 Å². The van der Waals surface area contributed by atoms with Crippen LogP contribution in [0.4, 0.5) is 5.69 Å². The Kier molecular flexibility index (Phi) is 4.18. The maximum Gasteiger partial charge on any atom is 0.293 e. The molecule has 2 aromatic rings. The molecule has 0 saturated carbocycles. The van der Waals surface area contributed by atoms with E-state index in [1.54, 1.807) is 6.92 Å². The van der Waals surface area contributed by atoms with Crippen LogP contribution in [0.1, 0.15) is 27.4 Å². The van der Waals surface area contributed by atoms with Gasteiger partial charge in [-0.1, -0.05) is 17.9 Å². The quantitative estimate of drug-likeness (QED) is 0.815. The van der Waals surface area contributed by atoms with Gasteiger partial charge in [-0.3, -0.25) is 4.79 Å². The highest BCUT2D eigenvalue weighted by atomic mass is 16.3. The van der Waals surface area contributed by atoms with Gasteiger partial charge in [-0.25, -0.2) is 4.98 Å². The molecule has 102 valence electrons. The van der Waals surface area contributed by atoms with Crippen molar-refractivity contribution in [3.05, 3.63) is 47.2 Å². The summed E-state index contributed by atoms with van der Waals surface area (Å²) in [5, 5.41) is 2.80.